The molecule has 3 rings (SSSR count). The number of rotatable bonds is 5. The summed E-state index contributed by atoms with van der Waals surface area (Å²) in [4.78, 5) is 16.9. The van der Waals surface area contributed by atoms with Gasteiger partial charge in [0.1, 0.15) is 5.54 Å². The van der Waals surface area contributed by atoms with E-state index in [1.54, 1.807) is 0 Å². The number of esters is 1. The monoisotopic (exact) mass is 297 g/mol. The van der Waals surface area contributed by atoms with Crippen molar-refractivity contribution in [1.29, 1.82) is 0 Å². The largest absolute Gasteiger partial charge is 0.468 e. The first-order valence-electron chi connectivity index (χ1n) is 8.05. The summed E-state index contributed by atoms with van der Waals surface area (Å²) in [5, 5.41) is 0. The molecule has 120 valence electrons. The molecule has 3 aliphatic rings. The predicted octanol–water partition coefficient (Wildman–Crippen LogP) is -0.327. The van der Waals surface area contributed by atoms with Crippen molar-refractivity contribution in [2.45, 2.75) is 30.8 Å². The summed E-state index contributed by atoms with van der Waals surface area (Å²) < 4.78 is 10.4. The third kappa shape index (κ3) is 3.23. The summed E-state index contributed by atoms with van der Waals surface area (Å²) in [6, 6.07) is 0.579. The topological polar surface area (TPSA) is 68.0 Å². The maximum absolute atomic E-state index is 12.1. The van der Waals surface area contributed by atoms with Gasteiger partial charge in [-0.05, 0) is 31.7 Å². The van der Waals surface area contributed by atoms with E-state index in [0.29, 0.717) is 18.5 Å². The molecular weight excluding hydrogens is 270 g/mol. The average molecular weight is 297 g/mol. The van der Waals surface area contributed by atoms with Crippen LogP contribution in [-0.2, 0) is 14.3 Å². The molecule has 2 saturated heterocycles. The van der Waals surface area contributed by atoms with Crippen LogP contribution in [0.25, 0.3) is 0 Å². The van der Waals surface area contributed by atoms with Crippen molar-refractivity contribution in [2.24, 2.45) is 11.7 Å². The van der Waals surface area contributed by atoms with Gasteiger partial charge in [0.15, 0.2) is 0 Å². The highest BCUT2D eigenvalue weighted by Gasteiger charge is 2.50. The normalized spacial score (nSPS) is 31.0. The van der Waals surface area contributed by atoms with Crippen LogP contribution in [0.15, 0.2) is 0 Å². The summed E-state index contributed by atoms with van der Waals surface area (Å²) in [6.07, 6.45) is 3.25. The Hall–Kier alpha value is -0.690. The molecule has 0 radical (unpaired) electrons. The number of carbonyl (C=O) groups is 1. The van der Waals surface area contributed by atoms with Crippen LogP contribution in [0.1, 0.15) is 19.3 Å². The average Bonchev–Trinajstić information content (AvgIpc) is 3.28. The maximum Gasteiger partial charge on any atom is 0.327 e. The lowest BCUT2D eigenvalue weighted by atomic mass is 9.94. The SMILES string of the molecule is COC(=O)C(N)(CN1CCC(N2CCOCC2)C1)C1CC1. The Balaban J connectivity index is 1.56. The lowest BCUT2D eigenvalue weighted by Gasteiger charge is -2.34. The summed E-state index contributed by atoms with van der Waals surface area (Å²) in [6.45, 7) is 6.36. The van der Waals surface area contributed by atoms with Crippen molar-refractivity contribution in [3.8, 4) is 0 Å². The molecule has 1 saturated carbocycles. The van der Waals surface area contributed by atoms with Crippen LogP contribution in [0.4, 0.5) is 0 Å². The lowest BCUT2D eigenvalue weighted by Crippen LogP contribution is -2.58. The minimum Gasteiger partial charge on any atom is -0.468 e. The number of ether oxygens (including phenoxy) is 2. The minimum absolute atomic E-state index is 0.250. The predicted molar refractivity (Wildman–Crippen MR) is 78.9 cm³/mol. The summed E-state index contributed by atoms with van der Waals surface area (Å²) in [7, 11) is 1.44. The van der Waals surface area contributed by atoms with Gasteiger partial charge in [0.05, 0.1) is 20.3 Å². The number of morpholine rings is 1. The molecule has 2 unspecified atom stereocenters. The molecule has 0 amide bonds. The van der Waals surface area contributed by atoms with E-state index in [-0.39, 0.29) is 5.97 Å². The fourth-order valence-corrected chi connectivity index (χ4v) is 3.72. The van der Waals surface area contributed by atoms with E-state index in [0.717, 1.165) is 58.7 Å². The maximum atomic E-state index is 12.1. The van der Waals surface area contributed by atoms with Crippen molar-refractivity contribution in [3.63, 3.8) is 0 Å². The van der Waals surface area contributed by atoms with E-state index < -0.39 is 5.54 Å². The molecule has 2 N–H and O–H groups in total. The van der Waals surface area contributed by atoms with Crippen LogP contribution in [0.3, 0.4) is 0 Å². The van der Waals surface area contributed by atoms with Crippen LogP contribution in [0, 0.1) is 5.92 Å². The Morgan fingerprint density at radius 2 is 2.00 bits per heavy atom. The van der Waals surface area contributed by atoms with E-state index in [4.69, 9.17) is 15.2 Å². The van der Waals surface area contributed by atoms with Crippen molar-refractivity contribution in [3.05, 3.63) is 0 Å². The van der Waals surface area contributed by atoms with E-state index in [2.05, 4.69) is 9.80 Å². The number of nitrogens with zero attached hydrogens (tertiary/aromatic N) is 2. The van der Waals surface area contributed by atoms with Crippen molar-refractivity contribution in [2.75, 3.05) is 53.0 Å². The first kappa shape index (κ1) is 15.2. The third-order valence-electron chi connectivity index (χ3n) is 5.17. The summed E-state index contributed by atoms with van der Waals surface area (Å²) in [5.41, 5.74) is 5.60. The smallest absolute Gasteiger partial charge is 0.327 e. The second-order valence-electron chi connectivity index (χ2n) is 6.63. The van der Waals surface area contributed by atoms with E-state index in [1.807, 2.05) is 0 Å². The number of likely N-dealkylation sites (tertiary alicyclic amines) is 1. The Labute approximate surface area is 126 Å². The van der Waals surface area contributed by atoms with Crippen LogP contribution in [0.5, 0.6) is 0 Å². The van der Waals surface area contributed by atoms with Gasteiger partial charge in [-0.3, -0.25) is 14.6 Å². The molecule has 0 aromatic rings. The van der Waals surface area contributed by atoms with Crippen molar-refractivity contribution < 1.29 is 14.3 Å². The number of carbonyl (C=O) groups excluding carboxylic acids is 1. The first-order chi connectivity index (χ1) is 10.1. The van der Waals surface area contributed by atoms with Gasteiger partial charge in [-0.15, -0.1) is 0 Å². The van der Waals surface area contributed by atoms with E-state index in [1.165, 1.54) is 7.11 Å². The Morgan fingerprint density at radius 3 is 2.62 bits per heavy atom. The van der Waals surface area contributed by atoms with Gasteiger partial charge in [-0.2, -0.15) is 0 Å². The molecule has 3 fully saturated rings. The number of methoxy groups -OCH3 is 1. The molecule has 21 heavy (non-hydrogen) atoms. The molecule has 0 aromatic carbocycles. The van der Waals surface area contributed by atoms with Crippen LogP contribution >= 0.6 is 0 Å². The molecule has 2 heterocycles. The zero-order chi connectivity index (χ0) is 14.9. The summed E-state index contributed by atoms with van der Waals surface area (Å²) in [5.74, 6) is 0.0483. The molecule has 0 bridgehead atoms. The van der Waals surface area contributed by atoms with Crippen LogP contribution in [-0.4, -0.2) is 80.4 Å². The van der Waals surface area contributed by atoms with Gasteiger partial charge < -0.3 is 15.2 Å². The number of hydrogen-bond acceptors (Lipinski definition) is 6. The molecule has 2 aliphatic heterocycles. The Bertz CT molecular complexity index is 382. The van der Waals surface area contributed by atoms with Gasteiger partial charge in [-0.25, -0.2) is 0 Å². The molecule has 0 aromatic heterocycles. The lowest BCUT2D eigenvalue weighted by molar-refractivity contribution is -0.148. The Morgan fingerprint density at radius 1 is 1.29 bits per heavy atom. The van der Waals surface area contributed by atoms with Crippen molar-refractivity contribution in [1.82, 2.24) is 9.80 Å². The van der Waals surface area contributed by atoms with Crippen molar-refractivity contribution >= 4 is 5.97 Å². The second kappa shape index (κ2) is 6.20. The fraction of sp³-hybridized carbons (Fsp3) is 0.933. The molecule has 2 atom stereocenters. The zero-order valence-corrected chi connectivity index (χ0v) is 12.9. The zero-order valence-electron chi connectivity index (χ0n) is 12.9. The molecule has 6 heteroatoms. The van der Waals surface area contributed by atoms with Gasteiger partial charge in [0.2, 0.25) is 0 Å². The van der Waals surface area contributed by atoms with Crippen LogP contribution < -0.4 is 5.73 Å². The fourth-order valence-electron chi connectivity index (χ4n) is 3.72. The summed E-state index contributed by atoms with van der Waals surface area (Å²) >= 11 is 0. The standard InChI is InChI=1S/C15H27N3O3/c1-20-14(19)15(16,12-2-3-12)11-17-5-4-13(10-17)18-6-8-21-9-7-18/h12-13H,2-11,16H2,1H3. The minimum atomic E-state index is -0.811. The quantitative estimate of drug-likeness (QED) is 0.701. The number of hydrogen-bond donors (Lipinski definition) is 1. The van der Waals surface area contributed by atoms with Gasteiger partial charge in [-0.1, -0.05) is 0 Å². The highest BCUT2D eigenvalue weighted by Crippen LogP contribution is 2.39. The highest BCUT2D eigenvalue weighted by molar-refractivity contribution is 5.81. The highest BCUT2D eigenvalue weighted by atomic mass is 16.5. The second-order valence-corrected chi connectivity index (χ2v) is 6.63. The molecular formula is C15H27N3O3. The van der Waals surface area contributed by atoms with Gasteiger partial charge in [0, 0.05) is 32.2 Å². The third-order valence-corrected chi connectivity index (χ3v) is 5.17. The van der Waals surface area contributed by atoms with Gasteiger partial charge in [0.25, 0.3) is 0 Å². The molecule has 0 spiro atoms. The van der Waals surface area contributed by atoms with E-state index >= 15 is 0 Å². The van der Waals surface area contributed by atoms with Crippen LogP contribution in [0.2, 0.25) is 0 Å². The number of nitrogens with two attached hydrogens (primary N) is 1. The molecule has 1 aliphatic carbocycles. The Kier molecular flexibility index (Phi) is 4.49. The first-order valence-corrected chi connectivity index (χ1v) is 8.05. The van der Waals surface area contributed by atoms with Gasteiger partial charge >= 0.3 is 5.97 Å². The molecule has 6 nitrogen and oxygen atoms in total. The van der Waals surface area contributed by atoms with E-state index in [9.17, 15) is 4.79 Å².